The predicted octanol–water partition coefficient (Wildman–Crippen LogP) is 3.25. The Hall–Kier alpha value is -1.92. The van der Waals surface area contributed by atoms with Crippen LogP contribution in [0.3, 0.4) is 0 Å². The number of hydrogen-bond donors (Lipinski definition) is 3. The molecule has 110 valence electrons. The fraction of sp³-hybridized carbons (Fsp3) is 0.333. The lowest BCUT2D eigenvalue weighted by Gasteiger charge is -2.20. The third-order valence-electron chi connectivity index (χ3n) is 3.47. The lowest BCUT2D eigenvalue weighted by molar-refractivity contribution is 0.262. The molecule has 1 aromatic heterocycles. The topological polar surface area (TPSA) is 66.0 Å². The largest absolute Gasteiger partial charge is 0.325 e. The quantitative estimate of drug-likeness (QED) is 0.815. The summed E-state index contributed by atoms with van der Waals surface area (Å²) in [6.45, 7) is 2.09. The lowest BCUT2D eigenvalue weighted by Crippen LogP contribution is -2.27. The van der Waals surface area contributed by atoms with Crippen LogP contribution in [0, 0.1) is 0 Å². The van der Waals surface area contributed by atoms with Crippen molar-refractivity contribution >= 4 is 28.2 Å². The van der Waals surface area contributed by atoms with E-state index in [1.54, 1.807) is 11.3 Å². The Labute approximate surface area is 127 Å². The summed E-state index contributed by atoms with van der Waals surface area (Å²) in [5, 5.41) is 9.61. The first kappa shape index (κ1) is 14.0. The molecule has 1 aromatic carbocycles. The fourth-order valence-electron chi connectivity index (χ4n) is 2.41. The van der Waals surface area contributed by atoms with Crippen molar-refractivity contribution < 1.29 is 4.79 Å². The van der Waals surface area contributed by atoms with Gasteiger partial charge in [0.2, 0.25) is 0 Å². The van der Waals surface area contributed by atoms with Crippen LogP contribution in [0.2, 0.25) is 0 Å². The number of hydrogen-bond acceptors (Lipinski definition) is 4. The summed E-state index contributed by atoms with van der Waals surface area (Å²) in [4.78, 5) is 17.4. The highest BCUT2D eigenvalue weighted by Crippen LogP contribution is 2.30. The molecule has 0 spiro atoms. The van der Waals surface area contributed by atoms with E-state index in [-0.39, 0.29) is 6.03 Å². The summed E-state index contributed by atoms with van der Waals surface area (Å²) in [5.74, 6) is 0.518. The number of piperidine rings is 1. The number of thiazole rings is 1. The fourth-order valence-corrected chi connectivity index (χ4v) is 3.35. The number of nitrogens with one attached hydrogen (secondary N) is 3. The summed E-state index contributed by atoms with van der Waals surface area (Å²) < 4.78 is 0. The van der Waals surface area contributed by atoms with Gasteiger partial charge in [-0.1, -0.05) is 18.2 Å². The number of rotatable bonds is 3. The molecule has 1 aliphatic heterocycles. The Morgan fingerprint density at radius 3 is 2.90 bits per heavy atom. The van der Waals surface area contributed by atoms with Gasteiger partial charge in [-0.25, -0.2) is 9.78 Å². The summed E-state index contributed by atoms with van der Waals surface area (Å²) >= 11 is 1.56. The molecular weight excluding hydrogens is 284 g/mol. The number of nitrogens with zero attached hydrogens (tertiary/aromatic N) is 1. The standard InChI is InChI=1S/C15H18N4OS/c20-14(18-12-6-2-1-3-7-12)19-15-17-10-13(21-15)11-5-4-8-16-9-11/h1-3,6-7,10-11,16H,4-5,8-9H2,(H2,17,18,19,20)/t11-/m0/s1. The van der Waals surface area contributed by atoms with Gasteiger partial charge in [-0.2, -0.15) is 0 Å². The van der Waals surface area contributed by atoms with Gasteiger partial charge < -0.3 is 10.6 Å². The van der Waals surface area contributed by atoms with E-state index < -0.39 is 0 Å². The van der Waals surface area contributed by atoms with Crippen LogP contribution in [-0.2, 0) is 0 Å². The SMILES string of the molecule is O=C(Nc1ccccc1)Nc1ncc([C@H]2CCCNC2)s1. The van der Waals surface area contributed by atoms with Crippen LogP contribution in [0.15, 0.2) is 36.5 Å². The van der Waals surface area contributed by atoms with Crippen LogP contribution in [0.25, 0.3) is 0 Å². The molecule has 3 rings (SSSR count). The first-order valence-electron chi connectivity index (χ1n) is 7.11. The second kappa shape index (κ2) is 6.69. The number of carbonyl (C=O) groups excluding carboxylic acids is 1. The summed E-state index contributed by atoms with van der Waals surface area (Å²) in [5.41, 5.74) is 0.767. The Morgan fingerprint density at radius 2 is 2.14 bits per heavy atom. The molecular formula is C15H18N4OS. The van der Waals surface area contributed by atoms with E-state index in [0.717, 1.165) is 18.8 Å². The van der Waals surface area contributed by atoms with Crippen LogP contribution in [0.4, 0.5) is 15.6 Å². The van der Waals surface area contributed by atoms with E-state index in [2.05, 4.69) is 20.9 Å². The van der Waals surface area contributed by atoms with Crippen molar-refractivity contribution in [3.63, 3.8) is 0 Å². The number of amides is 2. The number of aromatic nitrogens is 1. The first-order chi connectivity index (χ1) is 10.3. The minimum Gasteiger partial charge on any atom is -0.316 e. The smallest absolute Gasteiger partial charge is 0.316 e. The van der Waals surface area contributed by atoms with Crippen molar-refractivity contribution in [3.8, 4) is 0 Å². The normalized spacial score (nSPS) is 18.2. The Bertz CT molecular complexity index is 593. The van der Waals surface area contributed by atoms with Crippen molar-refractivity contribution in [3.05, 3.63) is 41.4 Å². The minimum absolute atomic E-state index is 0.260. The van der Waals surface area contributed by atoms with Gasteiger partial charge in [0.05, 0.1) is 0 Å². The molecule has 0 saturated carbocycles. The molecule has 0 aliphatic carbocycles. The second-order valence-electron chi connectivity index (χ2n) is 5.06. The van der Waals surface area contributed by atoms with Crippen molar-refractivity contribution in [2.75, 3.05) is 23.7 Å². The highest BCUT2D eigenvalue weighted by Gasteiger charge is 2.18. The van der Waals surface area contributed by atoms with Gasteiger partial charge in [-0.3, -0.25) is 5.32 Å². The highest BCUT2D eigenvalue weighted by atomic mass is 32.1. The molecule has 3 N–H and O–H groups in total. The van der Waals surface area contributed by atoms with Gasteiger partial charge in [0, 0.05) is 29.2 Å². The monoisotopic (exact) mass is 302 g/mol. The molecule has 0 unspecified atom stereocenters. The lowest BCUT2D eigenvalue weighted by atomic mass is 9.99. The maximum Gasteiger partial charge on any atom is 0.325 e. The third-order valence-corrected chi connectivity index (χ3v) is 4.55. The average molecular weight is 302 g/mol. The van der Waals surface area contributed by atoms with Gasteiger partial charge in [-0.05, 0) is 31.5 Å². The zero-order valence-corrected chi connectivity index (χ0v) is 12.5. The minimum atomic E-state index is -0.260. The van der Waals surface area contributed by atoms with E-state index in [1.165, 1.54) is 17.7 Å². The number of para-hydroxylation sites is 1. The molecule has 1 saturated heterocycles. The molecule has 5 nitrogen and oxygen atoms in total. The van der Waals surface area contributed by atoms with Crippen LogP contribution < -0.4 is 16.0 Å². The number of benzene rings is 1. The Morgan fingerprint density at radius 1 is 1.29 bits per heavy atom. The Balaban J connectivity index is 1.57. The zero-order chi connectivity index (χ0) is 14.5. The maximum absolute atomic E-state index is 11.9. The summed E-state index contributed by atoms with van der Waals surface area (Å²) in [7, 11) is 0. The second-order valence-corrected chi connectivity index (χ2v) is 6.12. The third kappa shape index (κ3) is 3.80. The summed E-state index contributed by atoms with van der Waals surface area (Å²) in [6, 6.07) is 9.11. The van der Waals surface area contributed by atoms with Crippen LogP contribution >= 0.6 is 11.3 Å². The number of anilines is 2. The van der Waals surface area contributed by atoms with Crippen molar-refractivity contribution in [1.29, 1.82) is 0 Å². The van der Waals surface area contributed by atoms with E-state index in [9.17, 15) is 4.79 Å². The summed E-state index contributed by atoms with van der Waals surface area (Å²) in [6.07, 6.45) is 4.26. The van der Waals surface area contributed by atoms with Gasteiger partial charge in [0.1, 0.15) is 0 Å². The first-order valence-corrected chi connectivity index (χ1v) is 7.92. The van der Waals surface area contributed by atoms with Gasteiger partial charge >= 0.3 is 6.03 Å². The molecule has 0 bridgehead atoms. The zero-order valence-electron chi connectivity index (χ0n) is 11.6. The van der Waals surface area contributed by atoms with Crippen molar-refractivity contribution in [2.45, 2.75) is 18.8 Å². The molecule has 1 fully saturated rings. The molecule has 2 amide bonds. The van der Waals surface area contributed by atoms with Crippen LogP contribution in [-0.4, -0.2) is 24.1 Å². The molecule has 2 aromatic rings. The number of carbonyl (C=O) groups is 1. The van der Waals surface area contributed by atoms with Crippen molar-refractivity contribution in [1.82, 2.24) is 10.3 Å². The van der Waals surface area contributed by atoms with E-state index in [1.807, 2.05) is 36.5 Å². The van der Waals surface area contributed by atoms with E-state index in [0.29, 0.717) is 11.0 Å². The van der Waals surface area contributed by atoms with Crippen LogP contribution in [0.5, 0.6) is 0 Å². The predicted molar refractivity (Wildman–Crippen MR) is 86.0 cm³/mol. The molecule has 21 heavy (non-hydrogen) atoms. The van der Waals surface area contributed by atoms with Gasteiger partial charge in [-0.15, -0.1) is 11.3 Å². The van der Waals surface area contributed by atoms with Crippen LogP contribution in [0.1, 0.15) is 23.6 Å². The molecule has 6 heteroatoms. The average Bonchev–Trinajstić information content (AvgIpc) is 2.97. The maximum atomic E-state index is 11.9. The van der Waals surface area contributed by atoms with Crippen molar-refractivity contribution in [2.24, 2.45) is 0 Å². The van der Waals surface area contributed by atoms with Gasteiger partial charge in [0.25, 0.3) is 0 Å². The Kier molecular flexibility index (Phi) is 4.47. The van der Waals surface area contributed by atoms with E-state index >= 15 is 0 Å². The van der Waals surface area contributed by atoms with E-state index in [4.69, 9.17) is 0 Å². The molecule has 0 radical (unpaired) electrons. The highest BCUT2D eigenvalue weighted by molar-refractivity contribution is 7.15. The van der Waals surface area contributed by atoms with Gasteiger partial charge in [0.15, 0.2) is 5.13 Å². The number of urea groups is 1. The molecule has 2 heterocycles. The molecule has 1 aliphatic rings. The molecule has 1 atom stereocenters.